The molecule has 0 aliphatic carbocycles. The molecule has 0 aromatic rings. The van der Waals surface area contributed by atoms with E-state index in [0.717, 1.165) is 0 Å². The van der Waals surface area contributed by atoms with E-state index in [2.05, 4.69) is 5.32 Å². The summed E-state index contributed by atoms with van der Waals surface area (Å²) >= 11 is 0. The third kappa shape index (κ3) is 5.70. The molecule has 0 saturated heterocycles. The Morgan fingerprint density at radius 3 is 2.25 bits per heavy atom. The molecule has 0 heterocycles. The highest BCUT2D eigenvalue weighted by Crippen LogP contribution is 2.10. The predicted octanol–water partition coefficient (Wildman–Crippen LogP) is 0.766. The van der Waals surface area contributed by atoms with Crippen LogP contribution in [0.4, 0.5) is 0 Å². The number of carbonyl (C=O) groups is 2. The number of hydrogen-bond acceptors (Lipinski definition) is 2. The van der Waals surface area contributed by atoms with Crippen LogP contribution in [-0.2, 0) is 9.59 Å². The predicted molar refractivity (Wildman–Crippen MR) is 44.8 cm³/mol. The fourth-order valence-electron chi connectivity index (χ4n) is 0.958. The Morgan fingerprint density at radius 1 is 1.42 bits per heavy atom. The molecule has 4 nitrogen and oxygen atoms in total. The molecular formula is C8H15NO3. The molecule has 0 aliphatic rings. The number of rotatable bonds is 4. The number of amides is 1. The number of carbonyl (C=O) groups excluding carboxylic acids is 1. The average Bonchev–Trinajstić information content (AvgIpc) is 1.81. The second kappa shape index (κ2) is 4.09. The standard InChI is InChI=1S/C8H15NO3/c1-6(10)9-8(2,3)5-4-7(11)12/h4-5H2,1-3H3,(H,9,10)(H,11,12). The van der Waals surface area contributed by atoms with E-state index in [1.807, 2.05) is 0 Å². The van der Waals surface area contributed by atoms with Gasteiger partial charge in [0, 0.05) is 18.9 Å². The summed E-state index contributed by atoms with van der Waals surface area (Å²) in [6, 6.07) is 0. The van der Waals surface area contributed by atoms with Crippen LogP contribution in [-0.4, -0.2) is 22.5 Å². The van der Waals surface area contributed by atoms with Crippen LogP contribution in [0.2, 0.25) is 0 Å². The summed E-state index contributed by atoms with van der Waals surface area (Å²) in [5.41, 5.74) is -0.426. The lowest BCUT2D eigenvalue weighted by Gasteiger charge is -2.24. The average molecular weight is 173 g/mol. The summed E-state index contributed by atoms with van der Waals surface area (Å²) in [6.07, 6.45) is 0.523. The molecule has 0 aliphatic heterocycles. The van der Waals surface area contributed by atoms with Crippen molar-refractivity contribution >= 4 is 11.9 Å². The van der Waals surface area contributed by atoms with Crippen LogP contribution in [0.1, 0.15) is 33.6 Å². The van der Waals surface area contributed by atoms with Crippen molar-refractivity contribution in [3.05, 3.63) is 0 Å². The molecule has 70 valence electrons. The van der Waals surface area contributed by atoms with Crippen LogP contribution in [0.25, 0.3) is 0 Å². The lowest BCUT2D eigenvalue weighted by molar-refractivity contribution is -0.137. The molecule has 12 heavy (non-hydrogen) atoms. The minimum atomic E-state index is -0.839. The monoisotopic (exact) mass is 173 g/mol. The Bertz CT molecular complexity index is 187. The van der Waals surface area contributed by atoms with Crippen LogP contribution >= 0.6 is 0 Å². The highest BCUT2D eigenvalue weighted by Gasteiger charge is 2.19. The minimum Gasteiger partial charge on any atom is -0.481 e. The highest BCUT2D eigenvalue weighted by atomic mass is 16.4. The fourth-order valence-corrected chi connectivity index (χ4v) is 0.958. The molecule has 0 unspecified atom stereocenters. The van der Waals surface area contributed by atoms with Gasteiger partial charge in [0.1, 0.15) is 0 Å². The molecule has 2 N–H and O–H groups in total. The first-order chi connectivity index (χ1) is 5.33. The lowest BCUT2D eigenvalue weighted by Crippen LogP contribution is -2.42. The number of aliphatic carboxylic acids is 1. The third-order valence-corrected chi connectivity index (χ3v) is 1.48. The van der Waals surface area contributed by atoms with Crippen molar-refractivity contribution in [1.82, 2.24) is 5.32 Å². The molecule has 0 spiro atoms. The molecule has 0 saturated carbocycles. The molecular weight excluding hydrogens is 158 g/mol. The van der Waals surface area contributed by atoms with E-state index < -0.39 is 11.5 Å². The van der Waals surface area contributed by atoms with Crippen molar-refractivity contribution in [3.8, 4) is 0 Å². The summed E-state index contributed by atoms with van der Waals surface area (Å²) in [5.74, 6) is -0.973. The van der Waals surface area contributed by atoms with E-state index in [1.54, 1.807) is 13.8 Å². The summed E-state index contributed by atoms with van der Waals surface area (Å²) < 4.78 is 0. The van der Waals surface area contributed by atoms with Gasteiger partial charge in [-0.15, -0.1) is 0 Å². The fraction of sp³-hybridized carbons (Fsp3) is 0.750. The minimum absolute atomic E-state index is 0.0767. The van der Waals surface area contributed by atoms with Crippen molar-refractivity contribution in [3.63, 3.8) is 0 Å². The van der Waals surface area contributed by atoms with Gasteiger partial charge in [0.05, 0.1) is 0 Å². The largest absolute Gasteiger partial charge is 0.481 e. The normalized spacial score (nSPS) is 10.9. The van der Waals surface area contributed by atoms with Crippen LogP contribution in [0.3, 0.4) is 0 Å². The number of nitrogens with one attached hydrogen (secondary N) is 1. The zero-order chi connectivity index (χ0) is 9.78. The molecule has 0 aromatic heterocycles. The number of carboxylic acid groups (broad SMARTS) is 1. The molecule has 0 radical (unpaired) electrons. The van der Waals surface area contributed by atoms with Crippen molar-refractivity contribution in [2.24, 2.45) is 0 Å². The summed E-state index contributed by atoms with van der Waals surface area (Å²) in [7, 11) is 0. The Labute approximate surface area is 72.0 Å². The molecule has 0 aromatic carbocycles. The first-order valence-corrected chi connectivity index (χ1v) is 3.84. The molecule has 0 rings (SSSR count). The van der Waals surface area contributed by atoms with E-state index in [4.69, 9.17) is 5.11 Å². The molecule has 0 atom stereocenters. The summed E-state index contributed by atoms with van der Waals surface area (Å²) in [6.45, 7) is 5.02. The van der Waals surface area contributed by atoms with Gasteiger partial charge >= 0.3 is 5.97 Å². The Balaban J connectivity index is 3.86. The van der Waals surface area contributed by atoms with Gasteiger partial charge in [-0.1, -0.05) is 0 Å². The van der Waals surface area contributed by atoms with E-state index in [1.165, 1.54) is 6.92 Å². The third-order valence-electron chi connectivity index (χ3n) is 1.48. The quantitative estimate of drug-likeness (QED) is 0.659. The van der Waals surface area contributed by atoms with Gasteiger partial charge in [0.25, 0.3) is 0 Å². The first kappa shape index (κ1) is 10.9. The SMILES string of the molecule is CC(=O)NC(C)(C)CCC(=O)O. The van der Waals surface area contributed by atoms with Crippen LogP contribution in [0.5, 0.6) is 0 Å². The van der Waals surface area contributed by atoms with Crippen molar-refractivity contribution in [2.45, 2.75) is 39.2 Å². The Kier molecular flexibility index (Phi) is 3.73. The van der Waals surface area contributed by atoms with Crippen LogP contribution < -0.4 is 5.32 Å². The molecule has 0 bridgehead atoms. The summed E-state index contributed by atoms with van der Waals surface area (Å²) in [5, 5.41) is 11.1. The summed E-state index contributed by atoms with van der Waals surface area (Å²) in [4.78, 5) is 20.9. The van der Waals surface area contributed by atoms with E-state index >= 15 is 0 Å². The van der Waals surface area contributed by atoms with E-state index in [-0.39, 0.29) is 12.3 Å². The van der Waals surface area contributed by atoms with Gasteiger partial charge in [-0.3, -0.25) is 9.59 Å². The number of carboxylic acids is 1. The zero-order valence-electron chi connectivity index (χ0n) is 7.68. The van der Waals surface area contributed by atoms with Crippen LogP contribution in [0.15, 0.2) is 0 Å². The number of hydrogen-bond donors (Lipinski definition) is 2. The van der Waals surface area contributed by atoms with E-state index in [0.29, 0.717) is 6.42 Å². The topological polar surface area (TPSA) is 66.4 Å². The maximum absolute atomic E-state index is 10.6. The maximum atomic E-state index is 10.6. The maximum Gasteiger partial charge on any atom is 0.303 e. The van der Waals surface area contributed by atoms with Gasteiger partial charge in [0.15, 0.2) is 0 Å². The Morgan fingerprint density at radius 2 is 1.92 bits per heavy atom. The van der Waals surface area contributed by atoms with Crippen molar-refractivity contribution in [2.75, 3.05) is 0 Å². The van der Waals surface area contributed by atoms with Gasteiger partial charge in [-0.25, -0.2) is 0 Å². The van der Waals surface area contributed by atoms with Crippen molar-refractivity contribution in [1.29, 1.82) is 0 Å². The van der Waals surface area contributed by atoms with Crippen LogP contribution in [0, 0.1) is 0 Å². The van der Waals surface area contributed by atoms with Gasteiger partial charge in [0.2, 0.25) is 5.91 Å². The van der Waals surface area contributed by atoms with Crippen molar-refractivity contribution < 1.29 is 14.7 Å². The Hall–Kier alpha value is -1.06. The molecule has 0 fully saturated rings. The van der Waals surface area contributed by atoms with E-state index in [9.17, 15) is 9.59 Å². The lowest BCUT2D eigenvalue weighted by atomic mass is 9.98. The highest BCUT2D eigenvalue weighted by molar-refractivity contribution is 5.74. The van der Waals surface area contributed by atoms with Gasteiger partial charge in [-0.2, -0.15) is 0 Å². The smallest absolute Gasteiger partial charge is 0.303 e. The van der Waals surface area contributed by atoms with Gasteiger partial charge in [-0.05, 0) is 20.3 Å². The second-order valence-electron chi connectivity index (χ2n) is 3.46. The first-order valence-electron chi connectivity index (χ1n) is 3.84. The van der Waals surface area contributed by atoms with Gasteiger partial charge < -0.3 is 10.4 Å². The second-order valence-corrected chi connectivity index (χ2v) is 3.46. The zero-order valence-corrected chi connectivity index (χ0v) is 7.68. The molecule has 1 amide bonds. The molecule has 4 heteroatoms.